The van der Waals surface area contributed by atoms with Gasteiger partial charge >= 0.3 is 12.2 Å². The van der Waals surface area contributed by atoms with Crippen molar-refractivity contribution in [3.05, 3.63) is 82.9 Å². The van der Waals surface area contributed by atoms with Gasteiger partial charge in [0.1, 0.15) is 23.7 Å². The summed E-state index contributed by atoms with van der Waals surface area (Å²) in [6.45, 7) is 13.6. The molecule has 1 spiro atoms. The number of hydrogen-bond acceptors (Lipinski definition) is 9. The molecule has 3 aromatic heterocycles. The molecule has 0 radical (unpaired) electrons. The number of aromatic amines is 2. The Kier molecular flexibility index (Phi) is 13.7. The molecular formula is C50H64N8O6S. The van der Waals surface area contributed by atoms with Crippen LogP contribution in [-0.2, 0) is 19.1 Å². The Bertz CT molecular complexity index is 2490. The van der Waals surface area contributed by atoms with Crippen molar-refractivity contribution >= 4 is 57.5 Å². The van der Waals surface area contributed by atoms with Crippen molar-refractivity contribution in [1.29, 1.82) is 0 Å². The first kappa shape index (κ1) is 45.9. The zero-order chi connectivity index (χ0) is 46.0. The van der Waals surface area contributed by atoms with Crippen LogP contribution in [0.1, 0.15) is 132 Å². The number of H-pyrrole nitrogens is 2. The van der Waals surface area contributed by atoms with E-state index in [-0.39, 0.29) is 41.1 Å². The normalized spacial score (nSPS) is 22.6. The van der Waals surface area contributed by atoms with Crippen molar-refractivity contribution < 1.29 is 28.7 Å². The molecule has 346 valence electrons. The van der Waals surface area contributed by atoms with Gasteiger partial charge in [0.15, 0.2) is 0 Å². The van der Waals surface area contributed by atoms with E-state index in [4.69, 9.17) is 26.0 Å². The molecular weight excluding hydrogens is 841 g/mol. The second-order valence-corrected chi connectivity index (χ2v) is 20.1. The van der Waals surface area contributed by atoms with E-state index in [2.05, 4.69) is 63.1 Å². The number of amides is 4. The van der Waals surface area contributed by atoms with Crippen LogP contribution < -0.4 is 10.6 Å². The Labute approximate surface area is 385 Å². The van der Waals surface area contributed by atoms with Gasteiger partial charge in [0.2, 0.25) is 11.8 Å². The summed E-state index contributed by atoms with van der Waals surface area (Å²) in [5.41, 5.74) is 7.48. The zero-order valence-corrected chi connectivity index (χ0v) is 39.4. The van der Waals surface area contributed by atoms with Crippen LogP contribution in [0.25, 0.3) is 32.8 Å². The predicted octanol–water partition coefficient (Wildman–Crippen LogP) is 9.87. The average molecular weight is 905 g/mol. The fourth-order valence-electron chi connectivity index (χ4n) is 10.5. The third kappa shape index (κ3) is 9.66. The van der Waals surface area contributed by atoms with E-state index in [0.717, 1.165) is 94.9 Å². The number of carbonyl (C=O) groups excluding carboxylic acids is 4. The first-order valence-corrected chi connectivity index (χ1v) is 24.1. The highest BCUT2D eigenvalue weighted by Gasteiger charge is 2.40. The average Bonchev–Trinajstić information content (AvgIpc) is 4.15. The number of nitrogens with one attached hydrogen (secondary N) is 4. The van der Waals surface area contributed by atoms with Gasteiger partial charge in [-0.2, -0.15) is 0 Å². The lowest BCUT2D eigenvalue weighted by molar-refractivity contribution is -0.136. The van der Waals surface area contributed by atoms with E-state index in [1.807, 2.05) is 43.7 Å². The number of imidazole rings is 2. The molecule has 8 rings (SSSR count). The summed E-state index contributed by atoms with van der Waals surface area (Å²) in [5, 5.41) is 5.47. The largest absolute Gasteiger partial charge is 0.453 e. The number of alkyl carbamates (subject to hydrolysis) is 2. The molecule has 2 aliphatic heterocycles. The van der Waals surface area contributed by atoms with Gasteiger partial charge in [-0.05, 0) is 122 Å². The Morgan fingerprint density at radius 2 is 1.42 bits per heavy atom. The molecule has 5 heterocycles. The number of nitrogens with zero attached hydrogens (tertiary/aromatic N) is 4. The van der Waals surface area contributed by atoms with Crippen LogP contribution in [0.5, 0.6) is 0 Å². The number of ether oxygens (including phenoxy) is 2. The van der Waals surface area contributed by atoms with Crippen molar-refractivity contribution in [3.8, 4) is 10.6 Å². The summed E-state index contributed by atoms with van der Waals surface area (Å²) < 4.78 is 9.64. The van der Waals surface area contributed by atoms with Gasteiger partial charge in [0.05, 0.1) is 54.1 Å². The number of fused-ring (bicyclic) bond motifs is 1. The van der Waals surface area contributed by atoms with Crippen LogP contribution in [-0.4, -0.2) is 93.1 Å². The fourth-order valence-corrected chi connectivity index (χ4v) is 11.5. The van der Waals surface area contributed by atoms with Gasteiger partial charge < -0.3 is 39.9 Å². The van der Waals surface area contributed by atoms with Crippen LogP contribution in [0.3, 0.4) is 0 Å². The Hall–Kier alpha value is -5.70. The van der Waals surface area contributed by atoms with E-state index in [1.165, 1.54) is 50.4 Å². The smallest absolute Gasteiger partial charge is 0.407 e. The van der Waals surface area contributed by atoms with Crippen LogP contribution >= 0.6 is 11.3 Å². The van der Waals surface area contributed by atoms with Crippen LogP contribution in [0.15, 0.2) is 60.8 Å². The topological polar surface area (TPSA) is 175 Å². The van der Waals surface area contributed by atoms with Crippen molar-refractivity contribution in [2.75, 3.05) is 27.3 Å². The van der Waals surface area contributed by atoms with Gasteiger partial charge in [0.25, 0.3) is 0 Å². The van der Waals surface area contributed by atoms with Gasteiger partial charge in [0, 0.05) is 18.0 Å². The minimum Gasteiger partial charge on any atom is -0.453 e. The Morgan fingerprint density at radius 1 is 0.800 bits per heavy atom. The number of hydrogen-bond donors (Lipinski definition) is 4. The lowest BCUT2D eigenvalue weighted by Gasteiger charge is -2.30. The number of methoxy groups -OCH3 is 2. The second kappa shape index (κ2) is 19.4. The van der Waals surface area contributed by atoms with Crippen molar-refractivity contribution in [2.24, 2.45) is 17.3 Å². The third-order valence-electron chi connectivity index (χ3n) is 14.1. The number of benzene rings is 1. The van der Waals surface area contributed by atoms with E-state index in [0.29, 0.717) is 13.1 Å². The molecule has 0 unspecified atom stereocenters. The van der Waals surface area contributed by atoms with Crippen molar-refractivity contribution in [2.45, 2.75) is 122 Å². The van der Waals surface area contributed by atoms with Crippen LogP contribution in [0.2, 0.25) is 0 Å². The van der Waals surface area contributed by atoms with Gasteiger partial charge in [-0.1, -0.05) is 65.3 Å². The lowest BCUT2D eigenvalue weighted by atomic mass is 9.74. The quantitative estimate of drug-likeness (QED) is 0.115. The number of carbonyl (C=O) groups is 4. The van der Waals surface area contributed by atoms with Gasteiger partial charge in [-0.25, -0.2) is 19.6 Å². The van der Waals surface area contributed by atoms with Crippen molar-refractivity contribution in [1.82, 2.24) is 40.4 Å². The summed E-state index contributed by atoms with van der Waals surface area (Å²) in [6.07, 6.45) is 16.3. The van der Waals surface area contributed by atoms with E-state index in [1.54, 1.807) is 11.3 Å². The molecule has 4 atom stereocenters. The fraction of sp³-hybridized carbons (Fsp3) is 0.520. The van der Waals surface area contributed by atoms with E-state index < -0.39 is 24.3 Å². The standard InChI is InChI=1S/C50H64N8O6S/c1-29(2)42(55-48(61)63-6)46(59)57-24-10-12-38(57)44-51-28-37(54-44)41-19-18-40(65-41)32-14-16-34(31(5)27-50(23-20-32)21-8-9-22-50)33-15-17-35-36(26-33)53-45(52-35)39-13-11-25-58(39)47(60)43(30(3)4)56-49(62)64-7/h14-19,26,28-30,38-39,42-43H,5,8-13,20-25,27H2,1-4,6-7H3,(H,51,54)(H,52,53)(H,55,61)(H,56,62)/b32-14+,34-16+/t38-,39-,42-,43-/m0/s1. The molecule has 1 aromatic carbocycles. The molecule has 4 N–H and O–H groups in total. The molecule has 0 bridgehead atoms. The molecule has 2 saturated heterocycles. The second-order valence-electron chi connectivity index (χ2n) is 19.1. The number of rotatable bonds is 11. The van der Waals surface area contributed by atoms with Crippen LogP contribution in [0, 0.1) is 17.3 Å². The third-order valence-corrected chi connectivity index (χ3v) is 15.3. The molecule has 15 heteroatoms. The maximum Gasteiger partial charge on any atom is 0.407 e. The Morgan fingerprint density at radius 3 is 2.03 bits per heavy atom. The minimum absolute atomic E-state index is 0.108. The number of thiophene rings is 1. The van der Waals surface area contributed by atoms with Gasteiger partial charge in [-0.15, -0.1) is 11.3 Å². The minimum atomic E-state index is -0.699. The SMILES string of the molecule is C=C1CC2(CCCC2)CC/C(c2ccc(-c3cnc([C@@H]4CCCN4C(=O)[C@@H](NC(=O)OC)C(C)C)[nH]3)s2)=C\C=C/1c1ccc2nc([C@@H]3CCCN3C(=O)[C@@H](NC(=O)OC)C(C)C)[nH]c2c1. The molecule has 3 fully saturated rings. The molecule has 4 aliphatic rings. The maximum absolute atomic E-state index is 13.8. The summed E-state index contributed by atoms with van der Waals surface area (Å²) in [4.78, 5) is 74.8. The maximum atomic E-state index is 13.8. The highest BCUT2D eigenvalue weighted by molar-refractivity contribution is 7.16. The molecule has 65 heavy (non-hydrogen) atoms. The van der Waals surface area contributed by atoms with E-state index in [9.17, 15) is 19.2 Å². The molecule has 2 aliphatic carbocycles. The summed E-state index contributed by atoms with van der Waals surface area (Å²) in [6, 6.07) is 8.92. The van der Waals surface area contributed by atoms with Gasteiger partial charge in [-0.3, -0.25) is 9.59 Å². The first-order chi connectivity index (χ1) is 31.3. The Balaban J connectivity index is 1.05. The highest BCUT2D eigenvalue weighted by Crippen LogP contribution is 2.51. The summed E-state index contributed by atoms with van der Waals surface area (Å²) >= 11 is 1.75. The summed E-state index contributed by atoms with van der Waals surface area (Å²) in [7, 11) is 2.61. The van der Waals surface area contributed by atoms with Crippen molar-refractivity contribution in [3.63, 3.8) is 0 Å². The highest BCUT2D eigenvalue weighted by atomic mass is 32.1. The lowest BCUT2D eigenvalue weighted by Crippen LogP contribution is -2.51. The molecule has 1 saturated carbocycles. The number of likely N-dealkylation sites (tertiary alicyclic amines) is 2. The molecule has 14 nitrogen and oxygen atoms in total. The first-order valence-electron chi connectivity index (χ1n) is 23.3. The summed E-state index contributed by atoms with van der Waals surface area (Å²) in [5.74, 6) is 1.02. The molecule has 4 amide bonds. The van der Waals surface area contributed by atoms with Crippen LogP contribution in [0.4, 0.5) is 9.59 Å². The monoisotopic (exact) mass is 904 g/mol. The number of allylic oxidation sites excluding steroid dienone is 5. The predicted molar refractivity (Wildman–Crippen MR) is 254 cm³/mol. The zero-order valence-electron chi connectivity index (χ0n) is 38.6. The molecule has 4 aromatic rings. The number of aromatic nitrogens is 4. The van der Waals surface area contributed by atoms with E-state index >= 15 is 0 Å².